The van der Waals surface area contributed by atoms with Crippen molar-refractivity contribution in [3.63, 3.8) is 0 Å². The molecule has 0 radical (unpaired) electrons. The van der Waals surface area contributed by atoms with Gasteiger partial charge in [-0.05, 0) is 32.6 Å². The highest BCUT2D eigenvalue weighted by Gasteiger charge is 2.24. The fourth-order valence-electron chi connectivity index (χ4n) is 2.12. The summed E-state index contributed by atoms with van der Waals surface area (Å²) < 4.78 is 1.51. The van der Waals surface area contributed by atoms with Crippen LogP contribution in [0, 0.1) is 12.8 Å². The average Bonchev–Trinajstić information content (AvgIpc) is 3.17. The minimum absolute atomic E-state index is 0.0642. The molecular formula is C14H17ClN4OS. The SMILES string of the molecule is Cc1cnc(C(C)Nc2c(Cl)cnn(CC3CC3)c2=O)s1. The molecule has 1 N–H and O–H groups in total. The Morgan fingerprint density at radius 1 is 1.52 bits per heavy atom. The fraction of sp³-hybridized carbons (Fsp3) is 0.500. The number of thiazole rings is 1. The van der Waals surface area contributed by atoms with E-state index in [9.17, 15) is 4.79 Å². The molecule has 0 amide bonds. The van der Waals surface area contributed by atoms with Crippen LogP contribution < -0.4 is 10.9 Å². The van der Waals surface area contributed by atoms with Crippen LogP contribution in [0.5, 0.6) is 0 Å². The van der Waals surface area contributed by atoms with Gasteiger partial charge in [0.2, 0.25) is 0 Å². The number of anilines is 1. The van der Waals surface area contributed by atoms with Crippen LogP contribution >= 0.6 is 22.9 Å². The van der Waals surface area contributed by atoms with Crippen molar-refractivity contribution in [1.29, 1.82) is 0 Å². The molecule has 0 aliphatic heterocycles. The van der Waals surface area contributed by atoms with Crippen LogP contribution in [0.4, 0.5) is 5.69 Å². The molecule has 112 valence electrons. The molecular weight excluding hydrogens is 308 g/mol. The molecule has 1 fully saturated rings. The summed E-state index contributed by atoms with van der Waals surface area (Å²) in [6, 6.07) is -0.0642. The first-order valence-electron chi connectivity index (χ1n) is 6.99. The Bertz CT molecular complexity index is 707. The van der Waals surface area contributed by atoms with E-state index in [4.69, 9.17) is 11.6 Å². The van der Waals surface area contributed by atoms with E-state index in [1.165, 1.54) is 23.7 Å². The van der Waals surface area contributed by atoms with Crippen molar-refractivity contribution in [3.8, 4) is 0 Å². The molecule has 2 heterocycles. The smallest absolute Gasteiger partial charge is 0.291 e. The minimum atomic E-state index is -0.158. The first kappa shape index (κ1) is 14.5. The topological polar surface area (TPSA) is 59.8 Å². The van der Waals surface area contributed by atoms with E-state index < -0.39 is 0 Å². The number of hydrogen-bond acceptors (Lipinski definition) is 5. The van der Waals surface area contributed by atoms with Crippen LogP contribution in [0.3, 0.4) is 0 Å². The molecule has 2 aromatic rings. The fourth-order valence-corrected chi connectivity index (χ4v) is 3.08. The molecule has 0 spiro atoms. The van der Waals surface area contributed by atoms with Crippen molar-refractivity contribution in [1.82, 2.24) is 14.8 Å². The second-order valence-corrected chi connectivity index (χ2v) is 7.15. The maximum Gasteiger partial charge on any atom is 0.291 e. The molecule has 1 aliphatic rings. The van der Waals surface area contributed by atoms with Crippen molar-refractivity contribution in [3.05, 3.63) is 37.7 Å². The Balaban J connectivity index is 1.85. The third kappa shape index (κ3) is 3.27. The highest BCUT2D eigenvalue weighted by atomic mass is 35.5. The first-order valence-corrected chi connectivity index (χ1v) is 8.18. The third-order valence-electron chi connectivity index (χ3n) is 3.50. The van der Waals surface area contributed by atoms with Gasteiger partial charge in [-0.25, -0.2) is 9.67 Å². The second kappa shape index (κ2) is 5.77. The predicted octanol–water partition coefficient (Wildman–Crippen LogP) is 3.24. The van der Waals surface area contributed by atoms with Gasteiger partial charge in [0.1, 0.15) is 10.7 Å². The molecule has 1 unspecified atom stereocenters. The zero-order valence-electron chi connectivity index (χ0n) is 12.0. The molecule has 0 bridgehead atoms. The van der Waals surface area contributed by atoms with Crippen LogP contribution in [0.15, 0.2) is 17.2 Å². The quantitative estimate of drug-likeness (QED) is 0.917. The maximum atomic E-state index is 12.5. The van der Waals surface area contributed by atoms with Crippen molar-refractivity contribution >= 4 is 28.6 Å². The van der Waals surface area contributed by atoms with E-state index in [0.29, 0.717) is 23.2 Å². The molecule has 2 aromatic heterocycles. The van der Waals surface area contributed by atoms with Crippen LogP contribution in [-0.2, 0) is 6.54 Å². The lowest BCUT2D eigenvalue weighted by Crippen LogP contribution is -2.27. The Hall–Kier alpha value is -1.40. The third-order valence-corrected chi connectivity index (χ3v) is 4.88. The zero-order valence-corrected chi connectivity index (χ0v) is 13.5. The van der Waals surface area contributed by atoms with Crippen LogP contribution in [0.25, 0.3) is 0 Å². The standard InChI is InChI=1S/C14H17ClN4OS/c1-8-5-16-13(21-8)9(2)18-12-11(15)6-17-19(14(12)20)7-10-3-4-10/h5-6,9-10,18H,3-4,7H2,1-2H3. The molecule has 1 aliphatic carbocycles. The van der Waals surface area contributed by atoms with Gasteiger partial charge < -0.3 is 5.32 Å². The summed E-state index contributed by atoms with van der Waals surface area (Å²) in [6.45, 7) is 4.66. The van der Waals surface area contributed by atoms with Gasteiger partial charge in [-0.2, -0.15) is 5.10 Å². The normalized spacial score (nSPS) is 16.0. The second-order valence-electron chi connectivity index (χ2n) is 5.47. The molecule has 5 nitrogen and oxygen atoms in total. The predicted molar refractivity (Wildman–Crippen MR) is 85.1 cm³/mol. The van der Waals surface area contributed by atoms with E-state index >= 15 is 0 Å². The zero-order chi connectivity index (χ0) is 15.0. The number of halogens is 1. The number of rotatable bonds is 5. The van der Waals surface area contributed by atoms with Crippen molar-refractivity contribution in [2.45, 2.75) is 39.3 Å². The molecule has 1 atom stereocenters. The van der Waals surface area contributed by atoms with E-state index in [-0.39, 0.29) is 11.6 Å². The van der Waals surface area contributed by atoms with Crippen molar-refractivity contribution in [2.75, 3.05) is 5.32 Å². The van der Waals surface area contributed by atoms with Crippen LogP contribution in [0.1, 0.15) is 35.7 Å². The molecule has 0 saturated heterocycles. The number of aromatic nitrogens is 3. The van der Waals surface area contributed by atoms with Gasteiger partial charge in [0, 0.05) is 17.6 Å². The van der Waals surface area contributed by atoms with Gasteiger partial charge in [-0.15, -0.1) is 11.3 Å². The highest BCUT2D eigenvalue weighted by Crippen LogP contribution is 2.30. The number of nitrogens with zero attached hydrogens (tertiary/aromatic N) is 3. The summed E-state index contributed by atoms with van der Waals surface area (Å²) in [5, 5.41) is 8.60. The largest absolute Gasteiger partial charge is 0.370 e. The van der Waals surface area contributed by atoms with Crippen molar-refractivity contribution < 1.29 is 0 Å². The number of hydrogen-bond donors (Lipinski definition) is 1. The monoisotopic (exact) mass is 324 g/mol. The maximum absolute atomic E-state index is 12.5. The number of aryl methyl sites for hydroxylation is 1. The Morgan fingerprint density at radius 3 is 2.90 bits per heavy atom. The van der Waals surface area contributed by atoms with Gasteiger partial charge in [0.25, 0.3) is 5.56 Å². The Labute approximate surface area is 132 Å². The lowest BCUT2D eigenvalue weighted by molar-refractivity contribution is 0.534. The van der Waals surface area contributed by atoms with E-state index in [1.54, 1.807) is 11.3 Å². The van der Waals surface area contributed by atoms with E-state index in [1.807, 2.05) is 20.0 Å². The van der Waals surface area contributed by atoms with Crippen LogP contribution in [-0.4, -0.2) is 14.8 Å². The summed E-state index contributed by atoms with van der Waals surface area (Å²) in [5.41, 5.74) is 0.252. The van der Waals surface area contributed by atoms with Gasteiger partial charge >= 0.3 is 0 Å². The molecule has 0 aromatic carbocycles. The van der Waals surface area contributed by atoms with Gasteiger partial charge in [0.15, 0.2) is 0 Å². The average molecular weight is 325 g/mol. The Morgan fingerprint density at radius 2 is 2.29 bits per heavy atom. The molecule has 7 heteroatoms. The van der Waals surface area contributed by atoms with Crippen LogP contribution in [0.2, 0.25) is 5.02 Å². The molecule has 21 heavy (non-hydrogen) atoms. The Kier molecular flexibility index (Phi) is 3.99. The summed E-state index contributed by atoms with van der Waals surface area (Å²) in [7, 11) is 0. The number of nitrogens with one attached hydrogen (secondary N) is 1. The van der Waals surface area contributed by atoms with Gasteiger partial charge in [-0.1, -0.05) is 11.6 Å². The summed E-state index contributed by atoms with van der Waals surface area (Å²) >= 11 is 7.75. The summed E-state index contributed by atoms with van der Waals surface area (Å²) in [6.07, 6.45) is 5.72. The lowest BCUT2D eigenvalue weighted by Gasteiger charge is -2.14. The van der Waals surface area contributed by atoms with E-state index in [0.717, 1.165) is 9.88 Å². The van der Waals surface area contributed by atoms with Crippen molar-refractivity contribution in [2.24, 2.45) is 5.92 Å². The van der Waals surface area contributed by atoms with Gasteiger partial charge in [0.05, 0.1) is 17.3 Å². The summed E-state index contributed by atoms with van der Waals surface area (Å²) in [5.74, 6) is 0.586. The highest BCUT2D eigenvalue weighted by molar-refractivity contribution is 7.11. The lowest BCUT2D eigenvalue weighted by atomic mass is 10.3. The molecule has 3 rings (SSSR count). The van der Waals surface area contributed by atoms with Gasteiger partial charge in [-0.3, -0.25) is 4.79 Å². The minimum Gasteiger partial charge on any atom is -0.370 e. The summed E-state index contributed by atoms with van der Waals surface area (Å²) in [4.78, 5) is 17.9. The molecule has 1 saturated carbocycles. The van der Waals surface area contributed by atoms with E-state index in [2.05, 4.69) is 15.4 Å². The first-order chi connectivity index (χ1) is 10.0.